The van der Waals surface area contributed by atoms with Crippen LogP contribution >= 0.6 is 0 Å². The lowest BCUT2D eigenvalue weighted by atomic mass is 9.91. The molecule has 1 heterocycles. The van der Waals surface area contributed by atoms with Crippen molar-refractivity contribution in [2.75, 3.05) is 13.2 Å². The van der Waals surface area contributed by atoms with E-state index in [4.69, 9.17) is 16.9 Å². The summed E-state index contributed by atoms with van der Waals surface area (Å²) in [5.74, 6) is 2.36. The fraction of sp³-hybridized carbons (Fsp3) is 0.750. The Morgan fingerprint density at radius 3 is 3.09 bits per heavy atom. The first-order valence-electron chi connectivity index (χ1n) is 3.72. The molecule has 0 aromatic heterocycles. The second-order valence-corrected chi connectivity index (χ2v) is 2.86. The smallest absolute Gasteiger partial charge is 0.129 e. The van der Waals surface area contributed by atoms with Gasteiger partial charge >= 0.3 is 0 Å². The van der Waals surface area contributed by atoms with Crippen LogP contribution in [0, 0.1) is 12.3 Å². The highest BCUT2D eigenvalue weighted by Crippen LogP contribution is 2.23. The van der Waals surface area contributed by atoms with Gasteiger partial charge in [-0.05, 0) is 0 Å². The van der Waals surface area contributed by atoms with E-state index >= 15 is 0 Å². The molecule has 3 heteroatoms. The second-order valence-electron chi connectivity index (χ2n) is 2.86. The lowest BCUT2D eigenvalue weighted by Gasteiger charge is -2.32. The third kappa shape index (κ3) is 1.93. The molecule has 0 aromatic carbocycles. The van der Waals surface area contributed by atoms with Crippen molar-refractivity contribution in [1.82, 2.24) is 0 Å². The first-order chi connectivity index (χ1) is 5.20. The zero-order valence-electron chi connectivity index (χ0n) is 6.42. The molecular weight excluding hydrogens is 142 g/mol. The zero-order chi connectivity index (χ0) is 8.32. The summed E-state index contributed by atoms with van der Waals surface area (Å²) >= 11 is 0. The van der Waals surface area contributed by atoms with Crippen LogP contribution < -0.4 is 5.73 Å². The molecule has 1 aliphatic rings. The van der Waals surface area contributed by atoms with Crippen molar-refractivity contribution in [3.8, 4) is 12.3 Å². The third-order valence-electron chi connectivity index (χ3n) is 1.97. The Balaban J connectivity index is 2.53. The maximum atomic E-state index is 9.61. The minimum absolute atomic E-state index is 0.0789. The molecule has 3 N–H and O–H groups in total. The van der Waals surface area contributed by atoms with Gasteiger partial charge in [-0.25, -0.2) is 0 Å². The molecule has 11 heavy (non-hydrogen) atoms. The predicted molar refractivity (Wildman–Crippen MR) is 41.8 cm³/mol. The highest BCUT2D eigenvalue weighted by Gasteiger charge is 2.32. The molecular formula is C8H13NO2. The zero-order valence-corrected chi connectivity index (χ0v) is 6.42. The number of ether oxygens (including phenoxy) is 1. The molecule has 2 unspecified atom stereocenters. The first-order valence-corrected chi connectivity index (χ1v) is 3.72. The molecule has 2 atom stereocenters. The van der Waals surface area contributed by atoms with Crippen LogP contribution in [0.4, 0.5) is 0 Å². The van der Waals surface area contributed by atoms with Crippen LogP contribution in [0.1, 0.15) is 12.8 Å². The quantitative estimate of drug-likeness (QED) is 0.501. The number of hydrogen-bond acceptors (Lipinski definition) is 3. The molecule has 1 aliphatic heterocycles. The van der Waals surface area contributed by atoms with Crippen molar-refractivity contribution >= 4 is 0 Å². The number of hydrogen-bond donors (Lipinski definition) is 2. The molecule has 1 rings (SSSR count). The molecule has 0 radical (unpaired) electrons. The molecule has 0 spiro atoms. The number of rotatable bonds is 1. The minimum Gasteiger partial charge on any atom is -0.377 e. The standard InChI is InChI=1S/C8H13NO2/c1-2-8(10)3-4-11-7(5-8)6-9/h1,7,10H,3-6,9H2. The van der Waals surface area contributed by atoms with Crippen LogP contribution in [0.15, 0.2) is 0 Å². The van der Waals surface area contributed by atoms with Crippen molar-refractivity contribution in [1.29, 1.82) is 0 Å². The topological polar surface area (TPSA) is 55.5 Å². The van der Waals surface area contributed by atoms with Gasteiger partial charge in [-0.2, -0.15) is 0 Å². The van der Waals surface area contributed by atoms with Crippen molar-refractivity contribution in [2.24, 2.45) is 5.73 Å². The normalized spacial score (nSPS) is 38.1. The minimum atomic E-state index is -0.984. The van der Waals surface area contributed by atoms with Gasteiger partial charge in [0.25, 0.3) is 0 Å². The summed E-state index contributed by atoms with van der Waals surface area (Å²) < 4.78 is 5.24. The third-order valence-corrected chi connectivity index (χ3v) is 1.97. The molecule has 0 bridgehead atoms. The van der Waals surface area contributed by atoms with Gasteiger partial charge < -0.3 is 15.6 Å². The van der Waals surface area contributed by atoms with Crippen molar-refractivity contribution in [3.63, 3.8) is 0 Å². The average Bonchev–Trinajstić information content (AvgIpc) is 2.05. The average molecular weight is 155 g/mol. The van der Waals surface area contributed by atoms with Crippen LogP contribution in [-0.2, 0) is 4.74 Å². The summed E-state index contributed by atoms with van der Waals surface area (Å²) in [5, 5.41) is 9.61. The Bertz CT molecular complexity index is 175. The Morgan fingerprint density at radius 2 is 2.55 bits per heavy atom. The fourth-order valence-corrected chi connectivity index (χ4v) is 1.21. The molecule has 0 amide bonds. The van der Waals surface area contributed by atoms with E-state index in [1.807, 2.05) is 0 Å². The van der Waals surface area contributed by atoms with Crippen LogP contribution in [0.2, 0.25) is 0 Å². The highest BCUT2D eigenvalue weighted by atomic mass is 16.5. The predicted octanol–water partition coefficient (Wildman–Crippen LogP) is -0.512. The van der Waals surface area contributed by atoms with Gasteiger partial charge in [0.1, 0.15) is 5.60 Å². The van der Waals surface area contributed by atoms with Crippen LogP contribution in [0.25, 0.3) is 0 Å². The van der Waals surface area contributed by atoms with E-state index in [0.29, 0.717) is 26.0 Å². The van der Waals surface area contributed by atoms with E-state index in [9.17, 15) is 5.11 Å². The Morgan fingerprint density at radius 1 is 1.82 bits per heavy atom. The Hall–Kier alpha value is -0.560. The summed E-state index contributed by atoms with van der Waals surface area (Å²) in [4.78, 5) is 0. The van der Waals surface area contributed by atoms with E-state index in [1.165, 1.54) is 0 Å². The number of aliphatic hydroxyl groups is 1. The van der Waals surface area contributed by atoms with E-state index in [2.05, 4.69) is 5.92 Å². The molecule has 0 aromatic rings. The maximum absolute atomic E-state index is 9.61. The summed E-state index contributed by atoms with van der Waals surface area (Å²) in [6, 6.07) is 0. The molecule has 0 saturated carbocycles. The van der Waals surface area contributed by atoms with Gasteiger partial charge in [-0.3, -0.25) is 0 Å². The van der Waals surface area contributed by atoms with Gasteiger partial charge in [0.05, 0.1) is 12.7 Å². The lowest BCUT2D eigenvalue weighted by molar-refractivity contribution is -0.0698. The van der Waals surface area contributed by atoms with Crippen LogP contribution in [-0.4, -0.2) is 30.0 Å². The van der Waals surface area contributed by atoms with Crippen molar-refractivity contribution < 1.29 is 9.84 Å². The molecule has 0 aliphatic carbocycles. The summed E-state index contributed by atoms with van der Waals surface area (Å²) in [5.41, 5.74) is 4.39. The van der Waals surface area contributed by atoms with E-state index < -0.39 is 5.60 Å². The van der Waals surface area contributed by atoms with E-state index in [-0.39, 0.29) is 6.10 Å². The summed E-state index contributed by atoms with van der Waals surface area (Å²) in [6.45, 7) is 0.923. The molecule has 1 saturated heterocycles. The van der Waals surface area contributed by atoms with E-state index in [1.54, 1.807) is 0 Å². The SMILES string of the molecule is C#CC1(O)CCOC(CN)C1. The van der Waals surface area contributed by atoms with Crippen LogP contribution in [0.5, 0.6) is 0 Å². The Kier molecular flexibility index (Phi) is 2.50. The largest absolute Gasteiger partial charge is 0.377 e. The van der Waals surface area contributed by atoms with Gasteiger partial charge in [0.15, 0.2) is 0 Å². The highest BCUT2D eigenvalue weighted by molar-refractivity contribution is 5.09. The summed E-state index contributed by atoms with van der Waals surface area (Å²) in [7, 11) is 0. The van der Waals surface area contributed by atoms with Crippen molar-refractivity contribution in [2.45, 2.75) is 24.5 Å². The van der Waals surface area contributed by atoms with Gasteiger partial charge in [0, 0.05) is 19.4 Å². The molecule has 3 nitrogen and oxygen atoms in total. The van der Waals surface area contributed by atoms with Gasteiger partial charge in [-0.15, -0.1) is 6.42 Å². The molecule has 1 fully saturated rings. The van der Waals surface area contributed by atoms with E-state index in [0.717, 1.165) is 0 Å². The lowest BCUT2D eigenvalue weighted by Crippen LogP contribution is -2.42. The maximum Gasteiger partial charge on any atom is 0.129 e. The van der Waals surface area contributed by atoms with Gasteiger partial charge in [0.2, 0.25) is 0 Å². The van der Waals surface area contributed by atoms with Gasteiger partial charge in [-0.1, -0.05) is 5.92 Å². The number of nitrogens with two attached hydrogens (primary N) is 1. The fourth-order valence-electron chi connectivity index (χ4n) is 1.21. The Labute approximate surface area is 66.5 Å². The second kappa shape index (κ2) is 3.22. The first kappa shape index (κ1) is 8.54. The molecule has 62 valence electrons. The summed E-state index contributed by atoms with van der Waals surface area (Å²) in [6.07, 6.45) is 6.05. The van der Waals surface area contributed by atoms with Crippen LogP contribution in [0.3, 0.4) is 0 Å². The number of terminal acetylenes is 1. The monoisotopic (exact) mass is 155 g/mol. The van der Waals surface area contributed by atoms with Crippen molar-refractivity contribution in [3.05, 3.63) is 0 Å².